The highest BCUT2D eigenvalue weighted by Crippen LogP contribution is 2.39. The van der Waals surface area contributed by atoms with Crippen molar-refractivity contribution in [1.29, 1.82) is 0 Å². The van der Waals surface area contributed by atoms with Crippen LogP contribution in [-0.4, -0.2) is 31.5 Å². The van der Waals surface area contributed by atoms with E-state index in [9.17, 15) is 13.2 Å². The Morgan fingerprint density at radius 1 is 1.32 bits per heavy atom. The number of ether oxygens (including phenoxy) is 1. The minimum Gasteiger partial charge on any atom is -0.377 e. The van der Waals surface area contributed by atoms with E-state index in [1.807, 2.05) is 0 Å². The van der Waals surface area contributed by atoms with E-state index < -0.39 is 12.6 Å². The van der Waals surface area contributed by atoms with Crippen LogP contribution in [0.1, 0.15) is 52.9 Å². The number of alkyl halides is 3. The molecule has 2 atom stereocenters. The molecular weight excluding hydrogens is 255 g/mol. The Hall–Kier alpha value is -0.290. The van der Waals surface area contributed by atoms with Crippen molar-refractivity contribution in [2.45, 2.75) is 71.2 Å². The lowest BCUT2D eigenvalue weighted by Gasteiger charge is -2.31. The molecule has 0 aliphatic heterocycles. The number of halogens is 3. The Balaban J connectivity index is 2.35. The molecule has 0 bridgehead atoms. The van der Waals surface area contributed by atoms with Gasteiger partial charge in [-0.05, 0) is 37.6 Å². The molecule has 1 saturated carbocycles. The molecule has 0 aromatic rings. The molecule has 1 rings (SSSR count). The minimum atomic E-state index is -4.07. The summed E-state index contributed by atoms with van der Waals surface area (Å²) in [5, 5.41) is 3.48. The smallest absolute Gasteiger partial charge is 0.377 e. The van der Waals surface area contributed by atoms with Gasteiger partial charge < -0.3 is 10.1 Å². The van der Waals surface area contributed by atoms with Gasteiger partial charge in [0.05, 0.1) is 6.10 Å². The van der Waals surface area contributed by atoms with E-state index in [0.717, 1.165) is 25.8 Å². The fourth-order valence-electron chi connectivity index (χ4n) is 2.73. The first-order valence-electron chi connectivity index (χ1n) is 7.18. The van der Waals surface area contributed by atoms with Crippen molar-refractivity contribution in [3.05, 3.63) is 0 Å². The molecule has 1 fully saturated rings. The molecule has 0 saturated heterocycles. The maximum Gasteiger partial charge on any atom is 0.389 e. The van der Waals surface area contributed by atoms with Gasteiger partial charge in [-0.25, -0.2) is 0 Å². The summed E-state index contributed by atoms with van der Waals surface area (Å²) in [5.74, 6) is 0. The third kappa shape index (κ3) is 5.69. The molecule has 2 nitrogen and oxygen atoms in total. The lowest BCUT2D eigenvalue weighted by Crippen LogP contribution is -2.45. The van der Waals surface area contributed by atoms with Crippen molar-refractivity contribution < 1.29 is 17.9 Å². The van der Waals surface area contributed by atoms with Crippen molar-refractivity contribution in [2.24, 2.45) is 5.41 Å². The van der Waals surface area contributed by atoms with Crippen molar-refractivity contribution in [1.82, 2.24) is 5.32 Å². The fraction of sp³-hybridized carbons (Fsp3) is 1.00. The standard InChI is InChI=1S/C14H26F3NO/c1-4-9-18-12-11(6-8-13(12,2)3)19-10-5-7-14(15,16)17/h11-12,18H,4-10H2,1-3H3. The van der Waals surface area contributed by atoms with Crippen LogP contribution in [-0.2, 0) is 4.74 Å². The lowest BCUT2D eigenvalue weighted by atomic mass is 9.87. The van der Waals surface area contributed by atoms with E-state index in [4.69, 9.17) is 4.74 Å². The monoisotopic (exact) mass is 281 g/mol. The molecule has 5 heteroatoms. The summed E-state index contributed by atoms with van der Waals surface area (Å²) in [6.45, 7) is 7.62. The van der Waals surface area contributed by atoms with Crippen LogP contribution in [0.2, 0.25) is 0 Å². The predicted molar refractivity (Wildman–Crippen MR) is 70.1 cm³/mol. The number of nitrogens with one attached hydrogen (secondary N) is 1. The van der Waals surface area contributed by atoms with Crippen molar-refractivity contribution >= 4 is 0 Å². The quantitative estimate of drug-likeness (QED) is 0.715. The van der Waals surface area contributed by atoms with Crippen molar-refractivity contribution in [2.75, 3.05) is 13.2 Å². The summed E-state index contributed by atoms with van der Waals surface area (Å²) in [6, 6.07) is 0.248. The third-order valence-electron chi connectivity index (χ3n) is 3.84. The summed E-state index contributed by atoms with van der Waals surface area (Å²) in [4.78, 5) is 0. The second-order valence-electron chi connectivity index (χ2n) is 6.09. The van der Waals surface area contributed by atoms with Gasteiger partial charge in [0.2, 0.25) is 0 Å². The predicted octanol–water partition coefficient (Wildman–Crippen LogP) is 3.90. The highest BCUT2D eigenvalue weighted by atomic mass is 19.4. The average Bonchev–Trinajstić information content (AvgIpc) is 2.56. The van der Waals surface area contributed by atoms with Gasteiger partial charge in [-0.2, -0.15) is 13.2 Å². The van der Waals surface area contributed by atoms with Crippen molar-refractivity contribution in [3.63, 3.8) is 0 Å². The van der Waals surface area contributed by atoms with Crippen LogP contribution >= 0.6 is 0 Å². The van der Waals surface area contributed by atoms with E-state index in [-0.39, 0.29) is 30.6 Å². The Morgan fingerprint density at radius 2 is 2.00 bits per heavy atom. The second kappa shape index (κ2) is 6.93. The van der Waals surface area contributed by atoms with E-state index in [2.05, 4.69) is 26.1 Å². The van der Waals surface area contributed by atoms with Crippen LogP contribution in [0.5, 0.6) is 0 Å². The van der Waals surface area contributed by atoms with Gasteiger partial charge in [-0.3, -0.25) is 0 Å². The molecule has 0 radical (unpaired) electrons. The zero-order chi connectivity index (χ0) is 14.5. The van der Waals surface area contributed by atoms with Gasteiger partial charge in [0.15, 0.2) is 0 Å². The maximum atomic E-state index is 12.1. The number of hydrogen-bond acceptors (Lipinski definition) is 2. The molecule has 1 aliphatic rings. The Kier molecular flexibility index (Phi) is 6.12. The molecule has 1 aliphatic carbocycles. The van der Waals surface area contributed by atoms with E-state index >= 15 is 0 Å². The summed E-state index contributed by atoms with van der Waals surface area (Å²) >= 11 is 0. The van der Waals surface area contributed by atoms with E-state index in [1.54, 1.807) is 0 Å². The molecule has 1 N–H and O–H groups in total. The van der Waals surface area contributed by atoms with Gasteiger partial charge in [-0.15, -0.1) is 0 Å². The average molecular weight is 281 g/mol. The van der Waals surface area contributed by atoms with E-state index in [0.29, 0.717) is 0 Å². The molecule has 0 aromatic heterocycles. The Bertz CT molecular complexity index is 266. The fourth-order valence-corrected chi connectivity index (χ4v) is 2.73. The minimum absolute atomic E-state index is 0.0507. The van der Waals surface area contributed by atoms with Crippen LogP contribution in [0.15, 0.2) is 0 Å². The topological polar surface area (TPSA) is 21.3 Å². The van der Waals surface area contributed by atoms with Crippen LogP contribution in [0, 0.1) is 5.41 Å². The lowest BCUT2D eigenvalue weighted by molar-refractivity contribution is -0.139. The van der Waals surface area contributed by atoms with Crippen molar-refractivity contribution in [3.8, 4) is 0 Å². The molecule has 0 heterocycles. The SMILES string of the molecule is CCCNC1C(OCCCC(F)(F)F)CCC1(C)C. The molecule has 2 unspecified atom stereocenters. The summed E-state index contributed by atoms with van der Waals surface area (Å²) in [5.41, 5.74) is 0.157. The molecule has 0 spiro atoms. The zero-order valence-corrected chi connectivity index (χ0v) is 12.1. The first-order chi connectivity index (χ1) is 8.76. The highest BCUT2D eigenvalue weighted by Gasteiger charge is 2.42. The van der Waals surface area contributed by atoms with Gasteiger partial charge in [0, 0.05) is 19.1 Å². The summed E-state index contributed by atoms with van der Waals surface area (Å²) < 4.78 is 41.8. The molecule has 0 aromatic carbocycles. The molecule has 19 heavy (non-hydrogen) atoms. The van der Waals surface area contributed by atoms with Gasteiger partial charge in [0.25, 0.3) is 0 Å². The third-order valence-corrected chi connectivity index (χ3v) is 3.84. The molecule has 0 amide bonds. The largest absolute Gasteiger partial charge is 0.389 e. The Labute approximate surface area is 114 Å². The number of hydrogen-bond donors (Lipinski definition) is 1. The second-order valence-corrected chi connectivity index (χ2v) is 6.09. The highest BCUT2D eigenvalue weighted by molar-refractivity contribution is 4.97. The number of rotatable bonds is 7. The first-order valence-corrected chi connectivity index (χ1v) is 7.18. The maximum absolute atomic E-state index is 12.1. The molecular formula is C14H26F3NO. The normalized spacial score (nSPS) is 26.8. The van der Waals surface area contributed by atoms with Gasteiger partial charge in [0.1, 0.15) is 0 Å². The van der Waals surface area contributed by atoms with Crippen LogP contribution in [0.3, 0.4) is 0 Å². The van der Waals surface area contributed by atoms with Crippen LogP contribution in [0.25, 0.3) is 0 Å². The van der Waals surface area contributed by atoms with Crippen LogP contribution < -0.4 is 5.32 Å². The first kappa shape index (κ1) is 16.8. The van der Waals surface area contributed by atoms with E-state index in [1.165, 1.54) is 0 Å². The molecule has 114 valence electrons. The van der Waals surface area contributed by atoms with Crippen LogP contribution in [0.4, 0.5) is 13.2 Å². The zero-order valence-electron chi connectivity index (χ0n) is 12.1. The Morgan fingerprint density at radius 3 is 2.58 bits per heavy atom. The van der Waals surface area contributed by atoms with Gasteiger partial charge in [-0.1, -0.05) is 20.8 Å². The van der Waals surface area contributed by atoms with Gasteiger partial charge >= 0.3 is 6.18 Å². The summed E-state index contributed by atoms with van der Waals surface area (Å²) in [6.07, 6.45) is -1.68. The summed E-state index contributed by atoms with van der Waals surface area (Å²) in [7, 11) is 0.